The van der Waals surface area contributed by atoms with Crippen LogP contribution in [0.5, 0.6) is 0 Å². The molecule has 6 nitrogen and oxygen atoms in total. The van der Waals surface area contributed by atoms with Gasteiger partial charge in [-0.1, -0.05) is 0 Å². The Bertz CT molecular complexity index is 417. The summed E-state index contributed by atoms with van der Waals surface area (Å²) in [5, 5.41) is 11.0. The molecule has 1 aromatic heterocycles. The maximum atomic E-state index is 11.9. The van der Waals surface area contributed by atoms with Gasteiger partial charge in [-0.25, -0.2) is 4.79 Å². The van der Waals surface area contributed by atoms with Gasteiger partial charge in [-0.3, -0.25) is 0 Å². The highest BCUT2D eigenvalue weighted by atomic mass is 16.2. The fourth-order valence-electron chi connectivity index (χ4n) is 2.64. The molecule has 2 amide bonds. The van der Waals surface area contributed by atoms with Crippen molar-refractivity contribution in [1.29, 1.82) is 0 Å². The Morgan fingerprint density at radius 2 is 2.37 bits per heavy atom. The molecule has 19 heavy (non-hydrogen) atoms. The van der Waals surface area contributed by atoms with Crippen LogP contribution in [0, 0.1) is 5.92 Å². The summed E-state index contributed by atoms with van der Waals surface area (Å²) in [5.41, 5.74) is 0. The van der Waals surface area contributed by atoms with Crippen molar-refractivity contribution >= 4 is 6.03 Å². The molecule has 1 fully saturated rings. The minimum absolute atomic E-state index is 0.0594. The Morgan fingerprint density at radius 1 is 1.53 bits per heavy atom. The molecule has 1 aromatic rings. The SMILES string of the molecule is CCNC(=O)N1CCCC(Cc2nncn2CC)C1. The van der Waals surface area contributed by atoms with E-state index in [-0.39, 0.29) is 6.03 Å². The van der Waals surface area contributed by atoms with Crippen molar-refractivity contribution < 1.29 is 4.79 Å². The maximum absolute atomic E-state index is 11.9. The predicted octanol–water partition coefficient (Wildman–Crippen LogP) is 1.28. The Kier molecular flexibility index (Phi) is 4.76. The fraction of sp³-hybridized carbons (Fsp3) is 0.769. The van der Waals surface area contributed by atoms with Gasteiger partial charge in [0.25, 0.3) is 0 Å². The summed E-state index contributed by atoms with van der Waals surface area (Å²) < 4.78 is 2.07. The average molecular weight is 265 g/mol. The molecular weight excluding hydrogens is 242 g/mol. The molecule has 2 heterocycles. The van der Waals surface area contributed by atoms with Crippen LogP contribution >= 0.6 is 0 Å². The number of rotatable bonds is 4. The van der Waals surface area contributed by atoms with E-state index in [4.69, 9.17) is 0 Å². The second-order valence-corrected chi connectivity index (χ2v) is 5.03. The third-order valence-electron chi connectivity index (χ3n) is 3.64. The molecule has 0 bridgehead atoms. The monoisotopic (exact) mass is 265 g/mol. The zero-order valence-electron chi connectivity index (χ0n) is 11.8. The van der Waals surface area contributed by atoms with Gasteiger partial charge in [0, 0.05) is 32.6 Å². The van der Waals surface area contributed by atoms with Gasteiger partial charge in [0.2, 0.25) is 0 Å². The molecule has 106 valence electrons. The summed E-state index contributed by atoms with van der Waals surface area (Å²) in [6, 6.07) is 0.0594. The van der Waals surface area contributed by atoms with Gasteiger partial charge in [0.1, 0.15) is 12.2 Å². The number of amides is 2. The molecule has 0 aromatic carbocycles. The molecule has 1 aliphatic heterocycles. The number of carbonyl (C=O) groups excluding carboxylic acids is 1. The Hall–Kier alpha value is -1.59. The maximum Gasteiger partial charge on any atom is 0.317 e. The van der Waals surface area contributed by atoms with Crippen molar-refractivity contribution in [2.75, 3.05) is 19.6 Å². The molecule has 6 heteroatoms. The van der Waals surface area contributed by atoms with E-state index in [0.29, 0.717) is 12.5 Å². The molecule has 1 N–H and O–H groups in total. The Morgan fingerprint density at radius 3 is 3.11 bits per heavy atom. The van der Waals surface area contributed by atoms with E-state index in [9.17, 15) is 4.79 Å². The zero-order chi connectivity index (χ0) is 13.7. The van der Waals surface area contributed by atoms with Crippen LogP contribution in [0.25, 0.3) is 0 Å². The minimum atomic E-state index is 0.0594. The first-order valence-corrected chi connectivity index (χ1v) is 7.14. The van der Waals surface area contributed by atoms with Gasteiger partial charge in [0.05, 0.1) is 0 Å². The second-order valence-electron chi connectivity index (χ2n) is 5.03. The van der Waals surface area contributed by atoms with Crippen molar-refractivity contribution in [2.45, 2.75) is 39.7 Å². The number of aromatic nitrogens is 3. The lowest BCUT2D eigenvalue weighted by molar-refractivity contribution is 0.164. The van der Waals surface area contributed by atoms with Crippen molar-refractivity contribution in [3.05, 3.63) is 12.2 Å². The van der Waals surface area contributed by atoms with Crippen LogP contribution in [0.1, 0.15) is 32.5 Å². The van der Waals surface area contributed by atoms with E-state index in [1.165, 1.54) is 0 Å². The summed E-state index contributed by atoms with van der Waals surface area (Å²) >= 11 is 0. The van der Waals surface area contributed by atoms with E-state index in [1.54, 1.807) is 6.33 Å². The van der Waals surface area contributed by atoms with Gasteiger partial charge >= 0.3 is 6.03 Å². The van der Waals surface area contributed by atoms with Gasteiger partial charge in [-0.15, -0.1) is 10.2 Å². The number of aryl methyl sites for hydroxylation is 1. The number of carbonyl (C=O) groups is 1. The quantitative estimate of drug-likeness (QED) is 0.892. The van der Waals surface area contributed by atoms with E-state index in [1.807, 2.05) is 11.8 Å². The highest BCUT2D eigenvalue weighted by molar-refractivity contribution is 5.74. The third-order valence-corrected chi connectivity index (χ3v) is 3.64. The normalized spacial score (nSPS) is 19.5. The number of hydrogen-bond acceptors (Lipinski definition) is 3. The van der Waals surface area contributed by atoms with Crippen molar-refractivity contribution in [2.24, 2.45) is 5.92 Å². The smallest absolute Gasteiger partial charge is 0.317 e. The summed E-state index contributed by atoms with van der Waals surface area (Å²) in [6.07, 6.45) is 4.91. The predicted molar refractivity (Wildman–Crippen MR) is 72.8 cm³/mol. The summed E-state index contributed by atoms with van der Waals surface area (Å²) in [5.74, 6) is 1.52. The summed E-state index contributed by atoms with van der Waals surface area (Å²) in [4.78, 5) is 13.8. The highest BCUT2D eigenvalue weighted by Gasteiger charge is 2.24. The molecule has 0 saturated carbocycles. The molecule has 1 saturated heterocycles. The van der Waals surface area contributed by atoms with Crippen LogP contribution in [-0.2, 0) is 13.0 Å². The van der Waals surface area contributed by atoms with Gasteiger partial charge < -0.3 is 14.8 Å². The van der Waals surface area contributed by atoms with E-state index >= 15 is 0 Å². The van der Waals surface area contributed by atoms with Crippen LogP contribution in [0.2, 0.25) is 0 Å². The van der Waals surface area contributed by atoms with E-state index in [2.05, 4.69) is 27.0 Å². The topological polar surface area (TPSA) is 63.1 Å². The summed E-state index contributed by atoms with van der Waals surface area (Å²) in [7, 11) is 0. The van der Waals surface area contributed by atoms with Crippen LogP contribution in [0.4, 0.5) is 4.79 Å². The minimum Gasteiger partial charge on any atom is -0.338 e. The van der Waals surface area contributed by atoms with Crippen LogP contribution in [0.15, 0.2) is 6.33 Å². The largest absolute Gasteiger partial charge is 0.338 e. The molecule has 2 rings (SSSR count). The standard InChI is InChI=1S/C13H23N5O/c1-3-14-13(19)18-7-5-6-11(9-18)8-12-16-15-10-17(12)4-2/h10-11H,3-9H2,1-2H3,(H,14,19). The lowest BCUT2D eigenvalue weighted by Gasteiger charge is -2.32. The van der Waals surface area contributed by atoms with Crippen LogP contribution in [-0.4, -0.2) is 45.3 Å². The summed E-state index contributed by atoms with van der Waals surface area (Å²) in [6.45, 7) is 7.31. The molecule has 1 unspecified atom stereocenters. The number of piperidine rings is 1. The van der Waals surface area contributed by atoms with Crippen molar-refractivity contribution in [1.82, 2.24) is 25.0 Å². The van der Waals surface area contributed by atoms with E-state index in [0.717, 1.165) is 44.7 Å². The van der Waals surface area contributed by atoms with Gasteiger partial charge in [-0.2, -0.15) is 0 Å². The lowest BCUT2D eigenvalue weighted by Crippen LogP contribution is -2.45. The number of hydrogen-bond donors (Lipinski definition) is 1. The van der Waals surface area contributed by atoms with E-state index < -0.39 is 0 Å². The molecule has 1 aliphatic rings. The number of nitrogens with one attached hydrogen (secondary N) is 1. The average Bonchev–Trinajstić information content (AvgIpc) is 2.86. The number of nitrogens with zero attached hydrogens (tertiary/aromatic N) is 4. The molecule has 0 radical (unpaired) electrons. The zero-order valence-corrected chi connectivity index (χ0v) is 11.8. The van der Waals surface area contributed by atoms with Crippen LogP contribution < -0.4 is 5.32 Å². The lowest BCUT2D eigenvalue weighted by atomic mass is 9.94. The Labute approximate surface area is 114 Å². The number of likely N-dealkylation sites (tertiary alicyclic amines) is 1. The number of urea groups is 1. The first-order chi connectivity index (χ1) is 9.24. The molecule has 0 spiro atoms. The van der Waals surface area contributed by atoms with Gasteiger partial charge in [-0.05, 0) is 32.6 Å². The first-order valence-electron chi connectivity index (χ1n) is 7.14. The van der Waals surface area contributed by atoms with Gasteiger partial charge in [0.15, 0.2) is 0 Å². The van der Waals surface area contributed by atoms with Crippen molar-refractivity contribution in [3.8, 4) is 0 Å². The Balaban J connectivity index is 1.92. The second kappa shape index (κ2) is 6.54. The highest BCUT2D eigenvalue weighted by Crippen LogP contribution is 2.20. The van der Waals surface area contributed by atoms with Crippen LogP contribution in [0.3, 0.4) is 0 Å². The fourth-order valence-corrected chi connectivity index (χ4v) is 2.64. The molecular formula is C13H23N5O. The molecule has 0 aliphatic carbocycles. The molecule has 1 atom stereocenters. The van der Waals surface area contributed by atoms with Crippen molar-refractivity contribution in [3.63, 3.8) is 0 Å². The first kappa shape index (κ1) is 13.8. The third kappa shape index (κ3) is 3.45.